The van der Waals surface area contributed by atoms with Gasteiger partial charge in [-0.15, -0.1) is 0 Å². The topological polar surface area (TPSA) is 29.1 Å². The Morgan fingerprint density at radius 3 is 2.50 bits per heavy atom. The first-order valence-corrected chi connectivity index (χ1v) is 5.68. The lowest BCUT2D eigenvalue weighted by Crippen LogP contribution is -2.43. The molecule has 1 saturated carbocycles. The molecule has 0 aromatic heterocycles. The van der Waals surface area contributed by atoms with Crippen LogP contribution in [0.3, 0.4) is 0 Å². The molecule has 86 valence electrons. The van der Waals surface area contributed by atoms with Crippen molar-refractivity contribution in [3.05, 3.63) is 35.6 Å². The van der Waals surface area contributed by atoms with Crippen LogP contribution in [0.1, 0.15) is 38.2 Å². The van der Waals surface area contributed by atoms with E-state index in [1.165, 1.54) is 13.0 Å². The van der Waals surface area contributed by atoms with Gasteiger partial charge in [-0.3, -0.25) is 4.79 Å². The minimum atomic E-state index is -0.475. The molecule has 1 fully saturated rings. The Kier molecular flexibility index (Phi) is 2.95. The van der Waals surface area contributed by atoms with E-state index in [1.54, 1.807) is 12.1 Å². The van der Waals surface area contributed by atoms with Crippen LogP contribution < -0.4 is 5.32 Å². The summed E-state index contributed by atoms with van der Waals surface area (Å²) in [7, 11) is 0. The smallest absolute Gasteiger partial charge is 0.217 e. The summed E-state index contributed by atoms with van der Waals surface area (Å²) in [6.45, 7) is 1.49. The molecule has 1 aliphatic carbocycles. The van der Waals surface area contributed by atoms with E-state index in [0.29, 0.717) is 5.56 Å². The van der Waals surface area contributed by atoms with E-state index in [4.69, 9.17) is 0 Å². The van der Waals surface area contributed by atoms with Crippen LogP contribution in [0.25, 0.3) is 0 Å². The molecular weight excluding hydrogens is 205 g/mol. The third-order valence-corrected chi connectivity index (χ3v) is 3.26. The lowest BCUT2D eigenvalue weighted by Gasteiger charge is -2.30. The van der Waals surface area contributed by atoms with Gasteiger partial charge in [0.2, 0.25) is 5.91 Å². The molecule has 0 unspecified atom stereocenters. The fourth-order valence-corrected chi connectivity index (χ4v) is 2.63. The number of carbonyl (C=O) groups excluding carboxylic acids is 1. The van der Waals surface area contributed by atoms with Crippen LogP contribution in [0.2, 0.25) is 0 Å². The average molecular weight is 221 g/mol. The number of benzene rings is 1. The van der Waals surface area contributed by atoms with Gasteiger partial charge < -0.3 is 5.32 Å². The van der Waals surface area contributed by atoms with Crippen molar-refractivity contribution >= 4 is 5.91 Å². The fraction of sp³-hybridized carbons (Fsp3) is 0.462. The number of hydrogen-bond acceptors (Lipinski definition) is 1. The van der Waals surface area contributed by atoms with Crippen molar-refractivity contribution in [1.29, 1.82) is 0 Å². The molecule has 1 aromatic carbocycles. The number of halogens is 1. The number of nitrogens with one attached hydrogen (secondary N) is 1. The second kappa shape index (κ2) is 4.24. The lowest BCUT2D eigenvalue weighted by atomic mass is 9.87. The summed E-state index contributed by atoms with van der Waals surface area (Å²) in [5.41, 5.74) is 0.152. The molecule has 1 amide bonds. The van der Waals surface area contributed by atoms with Gasteiger partial charge in [0.15, 0.2) is 0 Å². The maximum Gasteiger partial charge on any atom is 0.217 e. The van der Waals surface area contributed by atoms with Crippen molar-refractivity contribution in [2.45, 2.75) is 38.1 Å². The monoisotopic (exact) mass is 221 g/mol. The predicted octanol–water partition coefficient (Wildman–Crippen LogP) is 2.73. The summed E-state index contributed by atoms with van der Waals surface area (Å²) >= 11 is 0. The van der Waals surface area contributed by atoms with Crippen LogP contribution in [0, 0.1) is 5.82 Å². The Hall–Kier alpha value is -1.38. The zero-order valence-corrected chi connectivity index (χ0v) is 9.42. The normalized spacial score (nSPS) is 18.4. The number of carbonyl (C=O) groups is 1. The third kappa shape index (κ3) is 1.94. The van der Waals surface area contributed by atoms with E-state index in [1.807, 2.05) is 6.07 Å². The second-order valence-electron chi connectivity index (χ2n) is 4.45. The molecule has 0 atom stereocenters. The maximum absolute atomic E-state index is 13.8. The van der Waals surface area contributed by atoms with E-state index in [9.17, 15) is 9.18 Å². The predicted molar refractivity (Wildman–Crippen MR) is 60.4 cm³/mol. The number of rotatable bonds is 2. The van der Waals surface area contributed by atoms with Gasteiger partial charge in [0.05, 0.1) is 5.54 Å². The molecule has 1 N–H and O–H groups in total. The highest BCUT2D eigenvalue weighted by Crippen LogP contribution is 2.39. The van der Waals surface area contributed by atoms with Crippen LogP contribution in [0.15, 0.2) is 24.3 Å². The van der Waals surface area contributed by atoms with E-state index < -0.39 is 5.54 Å². The van der Waals surface area contributed by atoms with E-state index in [2.05, 4.69) is 5.32 Å². The van der Waals surface area contributed by atoms with Crippen molar-refractivity contribution < 1.29 is 9.18 Å². The first kappa shape index (κ1) is 11.1. The van der Waals surface area contributed by atoms with Crippen molar-refractivity contribution in [3.63, 3.8) is 0 Å². The summed E-state index contributed by atoms with van der Waals surface area (Å²) in [5.74, 6) is -0.316. The lowest BCUT2D eigenvalue weighted by molar-refractivity contribution is -0.121. The summed E-state index contributed by atoms with van der Waals surface area (Å²) in [5, 5.41) is 2.93. The van der Waals surface area contributed by atoms with Gasteiger partial charge in [-0.25, -0.2) is 4.39 Å². The largest absolute Gasteiger partial charge is 0.347 e. The highest BCUT2D eigenvalue weighted by atomic mass is 19.1. The van der Waals surface area contributed by atoms with Crippen molar-refractivity contribution in [1.82, 2.24) is 5.32 Å². The van der Waals surface area contributed by atoms with E-state index in [-0.39, 0.29) is 11.7 Å². The molecule has 0 heterocycles. The van der Waals surface area contributed by atoms with Crippen molar-refractivity contribution in [2.24, 2.45) is 0 Å². The molecule has 2 rings (SSSR count). The Labute approximate surface area is 94.9 Å². The van der Waals surface area contributed by atoms with Crippen LogP contribution in [-0.2, 0) is 10.3 Å². The van der Waals surface area contributed by atoms with E-state index >= 15 is 0 Å². The van der Waals surface area contributed by atoms with Crippen LogP contribution in [0.5, 0.6) is 0 Å². The first-order valence-electron chi connectivity index (χ1n) is 5.68. The highest BCUT2D eigenvalue weighted by molar-refractivity contribution is 5.74. The zero-order valence-electron chi connectivity index (χ0n) is 9.42. The average Bonchev–Trinajstić information content (AvgIpc) is 2.67. The molecule has 16 heavy (non-hydrogen) atoms. The van der Waals surface area contributed by atoms with Crippen LogP contribution in [0.4, 0.5) is 4.39 Å². The zero-order chi connectivity index (χ0) is 11.6. The summed E-state index contributed by atoms with van der Waals surface area (Å²) in [6.07, 6.45) is 3.73. The van der Waals surface area contributed by atoms with Crippen LogP contribution >= 0.6 is 0 Å². The van der Waals surface area contributed by atoms with Gasteiger partial charge in [0, 0.05) is 12.5 Å². The standard InChI is InChI=1S/C13H16FNO/c1-10(16)15-13(8-4-5-9-13)11-6-2-3-7-12(11)14/h2-3,6-7H,4-5,8-9H2,1H3,(H,15,16). The molecule has 0 radical (unpaired) electrons. The van der Waals surface area contributed by atoms with Crippen molar-refractivity contribution in [3.8, 4) is 0 Å². The van der Waals surface area contributed by atoms with Gasteiger partial charge in [0.25, 0.3) is 0 Å². The van der Waals surface area contributed by atoms with Crippen LogP contribution in [-0.4, -0.2) is 5.91 Å². The molecule has 0 bridgehead atoms. The van der Waals surface area contributed by atoms with E-state index in [0.717, 1.165) is 25.7 Å². The molecular formula is C13H16FNO. The first-order chi connectivity index (χ1) is 7.64. The molecule has 2 nitrogen and oxygen atoms in total. The Morgan fingerprint density at radius 2 is 1.94 bits per heavy atom. The van der Waals surface area contributed by atoms with Gasteiger partial charge in [-0.1, -0.05) is 31.0 Å². The minimum absolute atomic E-state index is 0.0925. The summed E-state index contributed by atoms with van der Waals surface area (Å²) in [6, 6.07) is 6.73. The minimum Gasteiger partial charge on any atom is -0.347 e. The molecule has 0 spiro atoms. The summed E-state index contributed by atoms with van der Waals surface area (Å²) < 4.78 is 13.8. The second-order valence-corrected chi connectivity index (χ2v) is 4.45. The Morgan fingerprint density at radius 1 is 1.31 bits per heavy atom. The van der Waals surface area contributed by atoms with Gasteiger partial charge in [0.1, 0.15) is 5.82 Å². The maximum atomic E-state index is 13.8. The summed E-state index contributed by atoms with van der Waals surface area (Å²) in [4.78, 5) is 11.3. The van der Waals surface area contributed by atoms with Gasteiger partial charge in [-0.05, 0) is 18.9 Å². The molecule has 0 aliphatic heterocycles. The van der Waals surface area contributed by atoms with Crippen molar-refractivity contribution in [2.75, 3.05) is 0 Å². The molecule has 1 aliphatic rings. The number of amides is 1. The molecule has 0 saturated heterocycles. The third-order valence-electron chi connectivity index (χ3n) is 3.26. The van der Waals surface area contributed by atoms with Gasteiger partial charge in [-0.2, -0.15) is 0 Å². The molecule has 3 heteroatoms. The quantitative estimate of drug-likeness (QED) is 0.817. The van der Waals surface area contributed by atoms with Gasteiger partial charge >= 0.3 is 0 Å². The SMILES string of the molecule is CC(=O)NC1(c2ccccc2F)CCCC1. The molecule has 1 aromatic rings. The Balaban J connectivity index is 2.39. The Bertz CT molecular complexity index is 397. The highest BCUT2D eigenvalue weighted by Gasteiger charge is 2.38. The fourth-order valence-electron chi connectivity index (χ4n) is 2.63. The number of hydrogen-bond donors (Lipinski definition) is 1.